The first kappa shape index (κ1) is 11.2. The molecule has 1 aromatic carbocycles. The summed E-state index contributed by atoms with van der Waals surface area (Å²) in [4.78, 5) is 11.9. The Morgan fingerprint density at radius 3 is 2.69 bits per heavy atom. The zero-order valence-electron chi connectivity index (χ0n) is 8.74. The summed E-state index contributed by atoms with van der Waals surface area (Å²) in [6, 6.07) is 5.44. The van der Waals surface area contributed by atoms with Crippen molar-refractivity contribution in [1.29, 1.82) is 0 Å². The van der Waals surface area contributed by atoms with Crippen molar-refractivity contribution in [1.82, 2.24) is 5.32 Å². The fourth-order valence-corrected chi connectivity index (χ4v) is 2.05. The van der Waals surface area contributed by atoms with Gasteiger partial charge in [-0.2, -0.15) is 0 Å². The highest BCUT2D eigenvalue weighted by Crippen LogP contribution is 2.20. The van der Waals surface area contributed by atoms with Gasteiger partial charge in [-0.15, -0.1) is 0 Å². The maximum absolute atomic E-state index is 11.9. The summed E-state index contributed by atoms with van der Waals surface area (Å²) in [5.74, 6) is -0.0469. The number of hydrogen-bond donors (Lipinski definition) is 2. The predicted molar refractivity (Wildman–Crippen MR) is 68.2 cm³/mol. The summed E-state index contributed by atoms with van der Waals surface area (Å²) in [5, 5.41) is 2.98. The zero-order valence-corrected chi connectivity index (χ0v) is 10.3. The normalized spacial score (nSPS) is 15.3. The maximum atomic E-state index is 11.9. The Labute approximate surface area is 103 Å². The van der Waals surface area contributed by atoms with Crippen molar-refractivity contribution in [3.63, 3.8) is 0 Å². The third-order valence-electron chi connectivity index (χ3n) is 2.61. The van der Waals surface area contributed by atoms with E-state index in [1.807, 2.05) is 0 Å². The number of nitrogens with one attached hydrogen (secondary N) is 1. The van der Waals surface area contributed by atoms with E-state index in [9.17, 15) is 4.79 Å². The van der Waals surface area contributed by atoms with E-state index in [-0.39, 0.29) is 11.9 Å². The molecule has 84 valence electrons. The number of carbonyl (C=O) groups is 1. The molecule has 1 aliphatic carbocycles. The van der Waals surface area contributed by atoms with E-state index < -0.39 is 0 Å². The van der Waals surface area contributed by atoms with Gasteiger partial charge in [0, 0.05) is 21.8 Å². The van der Waals surface area contributed by atoms with Crippen LogP contribution in [-0.2, 0) is 0 Å². The second kappa shape index (κ2) is 4.70. The molecule has 0 spiro atoms. The van der Waals surface area contributed by atoms with E-state index in [1.165, 1.54) is 0 Å². The van der Waals surface area contributed by atoms with Crippen molar-refractivity contribution in [2.75, 3.05) is 5.73 Å². The quantitative estimate of drug-likeness (QED) is 0.646. The van der Waals surface area contributed by atoms with Crippen molar-refractivity contribution in [2.45, 2.75) is 18.9 Å². The van der Waals surface area contributed by atoms with Crippen molar-refractivity contribution in [3.8, 4) is 0 Å². The molecule has 0 bridgehead atoms. The highest BCUT2D eigenvalue weighted by molar-refractivity contribution is 9.10. The van der Waals surface area contributed by atoms with Gasteiger partial charge in [-0.3, -0.25) is 4.79 Å². The minimum Gasteiger partial charge on any atom is -0.398 e. The van der Waals surface area contributed by atoms with Crippen molar-refractivity contribution in [2.24, 2.45) is 0 Å². The fraction of sp³-hybridized carbons (Fsp3) is 0.250. The molecule has 0 aromatic heterocycles. The smallest absolute Gasteiger partial charge is 0.251 e. The summed E-state index contributed by atoms with van der Waals surface area (Å²) in [5.41, 5.74) is 6.93. The number of nitrogens with two attached hydrogens (primary N) is 1. The Hall–Kier alpha value is -1.29. The molecule has 1 aromatic rings. The van der Waals surface area contributed by atoms with Crippen LogP contribution in [0.1, 0.15) is 23.2 Å². The fourth-order valence-electron chi connectivity index (χ4n) is 1.67. The van der Waals surface area contributed by atoms with Crippen LogP contribution in [0.15, 0.2) is 34.8 Å². The molecule has 0 fully saturated rings. The minimum absolute atomic E-state index is 0.0469. The molecule has 0 saturated heterocycles. The molecule has 4 heteroatoms. The average Bonchev–Trinajstić information content (AvgIpc) is 2.74. The number of anilines is 1. The average molecular weight is 281 g/mol. The summed E-state index contributed by atoms with van der Waals surface area (Å²) in [6.45, 7) is 0. The first-order chi connectivity index (χ1) is 7.66. The van der Waals surface area contributed by atoms with Gasteiger partial charge in [0.15, 0.2) is 0 Å². The monoisotopic (exact) mass is 280 g/mol. The molecular formula is C12H13BrN2O. The maximum Gasteiger partial charge on any atom is 0.251 e. The lowest BCUT2D eigenvalue weighted by molar-refractivity contribution is 0.0939. The van der Waals surface area contributed by atoms with E-state index in [4.69, 9.17) is 5.73 Å². The van der Waals surface area contributed by atoms with Gasteiger partial charge in [0.1, 0.15) is 0 Å². The van der Waals surface area contributed by atoms with Crippen LogP contribution in [0.3, 0.4) is 0 Å². The second-order valence-electron chi connectivity index (χ2n) is 3.85. The molecule has 2 rings (SSSR count). The highest BCUT2D eigenvalue weighted by Gasteiger charge is 2.14. The summed E-state index contributed by atoms with van der Waals surface area (Å²) >= 11 is 3.31. The molecule has 0 aliphatic heterocycles. The predicted octanol–water partition coefficient (Wildman–Crippen LogP) is 2.48. The van der Waals surface area contributed by atoms with Gasteiger partial charge in [0.2, 0.25) is 0 Å². The third kappa shape index (κ3) is 2.44. The topological polar surface area (TPSA) is 55.1 Å². The van der Waals surface area contributed by atoms with E-state index in [0.29, 0.717) is 11.3 Å². The number of benzene rings is 1. The number of carbonyl (C=O) groups excluding carboxylic acids is 1. The number of amides is 1. The minimum atomic E-state index is -0.0469. The van der Waals surface area contributed by atoms with Crippen LogP contribution >= 0.6 is 15.9 Å². The molecule has 0 saturated carbocycles. The molecule has 3 nitrogen and oxygen atoms in total. The molecular weight excluding hydrogens is 268 g/mol. The number of hydrogen-bond acceptors (Lipinski definition) is 2. The Morgan fingerprint density at radius 1 is 1.38 bits per heavy atom. The largest absolute Gasteiger partial charge is 0.398 e. The van der Waals surface area contributed by atoms with Gasteiger partial charge in [0.05, 0.1) is 0 Å². The number of rotatable bonds is 2. The Balaban J connectivity index is 2.05. The lowest BCUT2D eigenvalue weighted by Crippen LogP contribution is -2.32. The van der Waals surface area contributed by atoms with Crippen LogP contribution in [0, 0.1) is 0 Å². The third-order valence-corrected chi connectivity index (χ3v) is 3.29. The molecule has 1 amide bonds. The van der Waals surface area contributed by atoms with Crippen LogP contribution in [0.5, 0.6) is 0 Å². The van der Waals surface area contributed by atoms with Gasteiger partial charge >= 0.3 is 0 Å². The van der Waals surface area contributed by atoms with Gasteiger partial charge in [-0.25, -0.2) is 0 Å². The Bertz CT molecular complexity index is 435. The van der Waals surface area contributed by atoms with Crippen molar-refractivity contribution >= 4 is 27.5 Å². The summed E-state index contributed by atoms with van der Waals surface area (Å²) < 4.78 is 0.754. The van der Waals surface area contributed by atoms with E-state index in [1.54, 1.807) is 18.2 Å². The van der Waals surface area contributed by atoms with Crippen LogP contribution in [0.25, 0.3) is 0 Å². The van der Waals surface area contributed by atoms with Crippen LogP contribution in [-0.4, -0.2) is 11.9 Å². The lowest BCUT2D eigenvalue weighted by atomic mass is 10.1. The lowest BCUT2D eigenvalue weighted by Gasteiger charge is -2.12. The van der Waals surface area contributed by atoms with Gasteiger partial charge < -0.3 is 11.1 Å². The molecule has 3 N–H and O–H groups in total. The van der Waals surface area contributed by atoms with Gasteiger partial charge in [-0.05, 0) is 47.0 Å². The van der Waals surface area contributed by atoms with E-state index >= 15 is 0 Å². The molecule has 0 radical (unpaired) electrons. The van der Waals surface area contributed by atoms with Crippen LogP contribution in [0.4, 0.5) is 5.69 Å². The van der Waals surface area contributed by atoms with Gasteiger partial charge in [0.25, 0.3) is 5.91 Å². The summed E-state index contributed by atoms with van der Waals surface area (Å²) in [6.07, 6.45) is 6.01. The van der Waals surface area contributed by atoms with E-state index in [2.05, 4.69) is 33.4 Å². The molecule has 0 atom stereocenters. The Morgan fingerprint density at radius 2 is 2.06 bits per heavy atom. The molecule has 0 unspecified atom stereocenters. The van der Waals surface area contributed by atoms with Gasteiger partial charge in [-0.1, -0.05) is 12.2 Å². The second-order valence-corrected chi connectivity index (χ2v) is 4.70. The molecule has 0 heterocycles. The van der Waals surface area contributed by atoms with Crippen LogP contribution in [0.2, 0.25) is 0 Å². The SMILES string of the molecule is Nc1ccc(C(=O)NC2CC=CC2)cc1Br. The van der Waals surface area contributed by atoms with Crippen LogP contribution < -0.4 is 11.1 Å². The molecule has 1 aliphatic rings. The Kier molecular flexibility index (Phi) is 3.29. The number of nitrogen functional groups attached to an aromatic ring is 1. The first-order valence-corrected chi connectivity index (χ1v) is 5.97. The molecule has 16 heavy (non-hydrogen) atoms. The summed E-state index contributed by atoms with van der Waals surface area (Å²) in [7, 11) is 0. The number of halogens is 1. The standard InChI is InChI=1S/C12H13BrN2O/c13-10-7-8(5-6-11(10)14)12(16)15-9-3-1-2-4-9/h1-2,5-7,9H,3-4,14H2,(H,15,16). The first-order valence-electron chi connectivity index (χ1n) is 5.17. The van der Waals surface area contributed by atoms with Crippen molar-refractivity contribution < 1.29 is 4.79 Å². The highest BCUT2D eigenvalue weighted by atomic mass is 79.9. The van der Waals surface area contributed by atoms with Crippen molar-refractivity contribution in [3.05, 3.63) is 40.4 Å². The zero-order chi connectivity index (χ0) is 11.5. The van der Waals surface area contributed by atoms with E-state index in [0.717, 1.165) is 17.3 Å².